The number of H-pyrrole nitrogens is 1. The summed E-state index contributed by atoms with van der Waals surface area (Å²) in [6.07, 6.45) is 0. The van der Waals surface area contributed by atoms with Crippen LogP contribution in [-0.4, -0.2) is 32.7 Å². The normalized spacial score (nSPS) is 11.4. The molecule has 0 unspecified atom stereocenters. The number of amides is 1. The van der Waals surface area contributed by atoms with E-state index < -0.39 is 0 Å². The molecule has 0 aliphatic heterocycles. The highest BCUT2D eigenvalue weighted by atomic mass is 35.5. The topological polar surface area (TPSA) is 94.2 Å². The first kappa shape index (κ1) is 22.6. The molecule has 3 N–H and O–H groups in total. The van der Waals surface area contributed by atoms with Crippen LogP contribution in [0.5, 0.6) is 5.75 Å². The SMILES string of the molecule is CC(=NNC(=O)CSc1n[nH]c(-c2ccccc2)[n+]1-c1ccc(Cl)cc1)c1ccc(O)cc1. The number of carbonyl (C=O) groups excluding carboxylic acids is 1. The van der Waals surface area contributed by atoms with Gasteiger partial charge in [0.05, 0.1) is 22.1 Å². The molecule has 0 fully saturated rings. The molecule has 7 nitrogen and oxygen atoms in total. The number of hydrogen-bond donors (Lipinski definition) is 3. The van der Waals surface area contributed by atoms with Gasteiger partial charge in [-0.1, -0.05) is 29.8 Å². The number of phenolic OH excluding ortho intramolecular Hbond substituents is 1. The highest BCUT2D eigenvalue weighted by Crippen LogP contribution is 2.21. The van der Waals surface area contributed by atoms with Crippen molar-refractivity contribution >= 4 is 35.0 Å². The smallest absolute Gasteiger partial charge is 0.342 e. The quantitative estimate of drug-likeness (QED) is 0.159. The van der Waals surface area contributed by atoms with Crippen molar-refractivity contribution in [3.63, 3.8) is 0 Å². The minimum Gasteiger partial charge on any atom is -0.508 e. The van der Waals surface area contributed by atoms with Crippen molar-refractivity contribution < 1.29 is 14.5 Å². The van der Waals surface area contributed by atoms with Crippen molar-refractivity contribution in [2.45, 2.75) is 12.1 Å². The van der Waals surface area contributed by atoms with Crippen molar-refractivity contribution in [2.75, 3.05) is 5.75 Å². The van der Waals surface area contributed by atoms with Crippen molar-refractivity contribution in [2.24, 2.45) is 5.10 Å². The van der Waals surface area contributed by atoms with Crippen LogP contribution < -0.4 is 9.99 Å². The Kier molecular flexibility index (Phi) is 7.07. The summed E-state index contributed by atoms with van der Waals surface area (Å²) in [5.74, 6) is 0.834. The Morgan fingerprint density at radius 1 is 1.09 bits per heavy atom. The van der Waals surface area contributed by atoms with Gasteiger partial charge in [0.1, 0.15) is 11.4 Å². The molecule has 1 amide bonds. The Morgan fingerprint density at radius 3 is 2.48 bits per heavy atom. The number of hydrogen-bond acceptors (Lipinski definition) is 5. The van der Waals surface area contributed by atoms with Crippen LogP contribution in [0, 0.1) is 0 Å². The van der Waals surface area contributed by atoms with Gasteiger partial charge in [0.15, 0.2) is 0 Å². The number of benzene rings is 3. The molecular weight excluding hydrogens is 458 g/mol. The lowest BCUT2D eigenvalue weighted by molar-refractivity contribution is -0.625. The number of aromatic hydroxyl groups is 1. The first-order valence-electron chi connectivity index (χ1n) is 10.1. The van der Waals surface area contributed by atoms with E-state index in [1.807, 2.05) is 59.2 Å². The predicted molar refractivity (Wildman–Crippen MR) is 130 cm³/mol. The summed E-state index contributed by atoms with van der Waals surface area (Å²) in [4.78, 5) is 12.4. The number of aromatic nitrogens is 3. The fourth-order valence-electron chi connectivity index (χ4n) is 3.09. The van der Waals surface area contributed by atoms with Crippen LogP contribution in [0.4, 0.5) is 0 Å². The Morgan fingerprint density at radius 2 is 1.79 bits per heavy atom. The second-order valence-electron chi connectivity index (χ2n) is 7.10. The second kappa shape index (κ2) is 10.3. The molecular formula is C24H21ClN5O2S+. The molecule has 0 saturated heterocycles. The number of aromatic amines is 1. The van der Waals surface area contributed by atoms with Gasteiger partial charge in [0.2, 0.25) is 0 Å². The van der Waals surface area contributed by atoms with Gasteiger partial charge in [-0.05, 0) is 84.9 Å². The number of nitrogens with zero attached hydrogens (tertiary/aromatic N) is 3. The maximum absolute atomic E-state index is 12.4. The van der Waals surface area contributed by atoms with Crippen LogP contribution in [-0.2, 0) is 4.79 Å². The zero-order valence-corrected chi connectivity index (χ0v) is 19.3. The average Bonchev–Trinajstić information content (AvgIpc) is 3.26. The van der Waals surface area contributed by atoms with Gasteiger partial charge in [0.25, 0.3) is 11.7 Å². The Hall–Kier alpha value is -3.62. The standard InChI is InChI=1S/C24H20ClN5O2S/c1-16(17-7-13-21(31)14-8-17)26-27-22(32)15-33-24-29-28-23(18-5-3-2-4-6-18)30(24)20-11-9-19(25)10-12-20/h2-14H,15H2,1H3,(H2,26,27,31,32)/p+1. The zero-order valence-electron chi connectivity index (χ0n) is 17.7. The van der Waals surface area contributed by atoms with Gasteiger partial charge >= 0.3 is 5.16 Å². The monoisotopic (exact) mass is 478 g/mol. The highest BCUT2D eigenvalue weighted by molar-refractivity contribution is 7.99. The lowest BCUT2D eigenvalue weighted by Crippen LogP contribution is -2.34. The largest absolute Gasteiger partial charge is 0.508 e. The van der Waals surface area contributed by atoms with E-state index in [0.29, 0.717) is 15.9 Å². The van der Waals surface area contributed by atoms with E-state index in [-0.39, 0.29) is 17.4 Å². The van der Waals surface area contributed by atoms with E-state index in [1.54, 1.807) is 31.2 Å². The number of phenols is 1. The maximum atomic E-state index is 12.4. The number of carbonyl (C=O) groups is 1. The number of nitrogens with one attached hydrogen (secondary N) is 2. The van der Waals surface area contributed by atoms with Crippen LogP contribution in [0.3, 0.4) is 0 Å². The molecule has 4 rings (SSSR count). The molecule has 0 radical (unpaired) electrons. The molecule has 0 aliphatic carbocycles. The molecule has 0 bridgehead atoms. The van der Waals surface area contributed by atoms with Crippen LogP contribution in [0.2, 0.25) is 5.02 Å². The van der Waals surface area contributed by atoms with E-state index in [4.69, 9.17) is 11.6 Å². The third-order valence-corrected chi connectivity index (χ3v) is 5.96. The van der Waals surface area contributed by atoms with E-state index in [0.717, 1.165) is 22.6 Å². The van der Waals surface area contributed by atoms with E-state index in [2.05, 4.69) is 20.7 Å². The molecule has 0 atom stereocenters. The number of halogens is 1. The van der Waals surface area contributed by atoms with Crippen molar-refractivity contribution in [1.82, 2.24) is 15.6 Å². The summed E-state index contributed by atoms with van der Waals surface area (Å²) < 4.78 is 1.95. The molecule has 9 heteroatoms. The van der Waals surface area contributed by atoms with Crippen LogP contribution in [0.25, 0.3) is 17.1 Å². The van der Waals surface area contributed by atoms with E-state index >= 15 is 0 Å². The number of thioether (sulfide) groups is 1. The first-order chi connectivity index (χ1) is 16.0. The molecule has 1 heterocycles. The van der Waals surface area contributed by atoms with E-state index in [9.17, 15) is 9.90 Å². The molecule has 3 aromatic carbocycles. The predicted octanol–water partition coefficient (Wildman–Crippen LogP) is 4.34. The molecule has 0 saturated carbocycles. The van der Waals surface area contributed by atoms with Gasteiger partial charge in [-0.2, -0.15) is 9.67 Å². The van der Waals surface area contributed by atoms with Crippen LogP contribution in [0.1, 0.15) is 12.5 Å². The third kappa shape index (κ3) is 5.60. The van der Waals surface area contributed by atoms with Gasteiger partial charge in [-0.3, -0.25) is 4.79 Å². The van der Waals surface area contributed by atoms with Gasteiger partial charge in [0, 0.05) is 5.02 Å². The Labute approximate surface area is 200 Å². The molecule has 0 aliphatic rings. The lowest BCUT2D eigenvalue weighted by atomic mass is 10.1. The number of rotatable bonds is 7. The minimum absolute atomic E-state index is 0.124. The number of hydrazone groups is 1. The Balaban J connectivity index is 1.51. The van der Waals surface area contributed by atoms with Crippen LogP contribution in [0.15, 0.2) is 89.1 Å². The fraction of sp³-hybridized carbons (Fsp3) is 0.0833. The highest BCUT2D eigenvalue weighted by Gasteiger charge is 2.24. The first-order valence-corrected chi connectivity index (χ1v) is 11.4. The van der Waals surface area contributed by atoms with Crippen molar-refractivity contribution in [3.8, 4) is 22.8 Å². The molecule has 33 heavy (non-hydrogen) atoms. The fourth-order valence-corrected chi connectivity index (χ4v) is 3.98. The van der Waals surface area contributed by atoms with Gasteiger partial charge in [-0.15, -0.1) is 5.10 Å². The Bertz CT molecular complexity index is 1270. The maximum Gasteiger partial charge on any atom is 0.342 e. The van der Waals surface area contributed by atoms with Crippen molar-refractivity contribution in [3.05, 3.63) is 89.4 Å². The van der Waals surface area contributed by atoms with Crippen LogP contribution >= 0.6 is 23.4 Å². The van der Waals surface area contributed by atoms with Crippen molar-refractivity contribution in [1.29, 1.82) is 0 Å². The summed E-state index contributed by atoms with van der Waals surface area (Å²) >= 11 is 7.36. The van der Waals surface area contributed by atoms with Gasteiger partial charge in [-0.25, -0.2) is 5.43 Å². The lowest BCUT2D eigenvalue weighted by Gasteiger charge is -2.05. The molecule has 1 aromatic heterocycles. The molecule has 4 aromatic rings. The summed E-state index contributed by atoms with van der Waals surface area (Å²) in [7, 11) is 0. The summed E-state index contributed by atoms with van der Waals surface area (Å²) in [5, 5.41) is 22.3. The summed E-state index contributed by atoms with van der Waals surface area (Å²) in [6.45, 7) is 1.79. The minimum atomic E-state index is -0.259. The van der Waals surface area contributed by atoms with Gasteiger partial charge < -0.3 is 5.11 Å². The molecule has 166 valence electrons. The average molecular weight is 479 g/mol. The zero-order chi connectivity index (χ0) is 23.2. The third-order valence-electron chi connectivity index (χ3n) is 4.77. The molecule has 0 spiro atoms. The summed E-state index contributed by atoms with van der Waals surface area (Å²) in [5.41, 5.74) is 5.85. The van der Waals surface area contributed by atoms with E-state index in [1.165, 1.54) is 11.8 Å². The summed E-state index contributed by atoms with van der Waals surface area (Å²) in [6, 6.07) is 23.9. The second-order valence-corrected chi connectivity index (χ2v) is 8.48.